The van der Waals surface area contributed by atoms with E-state index in [1.54, 1.807) is 31.2 Å². The lowest BCUT2D eigenvalue weighted by Crippen LogP contribution is -1.99. The van der Waals surface area contributed by atoms with Gasteiger partial charge in [0.1, 0.15) is 5.82 Å². The smallest absolute Gasteiger partial charge is 0.128 e. The molecule has 0 saturated heterocycles. The first kappa shape index (κ1) is 13.0. The highest BCUT2D eigenvalue weighted by Gasteiger charge is 2.08. The van der Waals surface area contributed by atoms with Gasteiger partial charge >= 0.3 is 0 Å². The van der Waals surface area contributed by atoms with Gasteiger partial charge in [0.2, 0.25) is 0 Å². The van der Waals surface area contributed by atoms with E-state index >= 15 is 0 Å². The van der Waals surface area contributed by atoms with E-state index in [1.807, 2.05) is 0 Å². The predicted octanol–water partition coefficient (Wildman–Crippen LogP) is 4.77. The number of hydrogen-bond donors (Lipinski definition) is 2. The number of benzene rings is 2. The molecule has 0 heterocycles. The lowest BCUT2D eigenvalue weighted by Gasteiger charge is -2.12. The first-order valence-corrected chi connectivity index (χ1v) is 6.01. The molecule has 2 aromatic carbocycles. The molecule has 2 aromatic rings. The van der Waals surface area contributed by atoms with Crippen molar-refractivity contribution in [1.29, 1.82) is 0 Å². The van der Waals surface area contributed by atoms with Crippen molar-refractivity contribution in [1.82, 2.24) is 0 Å². The van der Waals surface area contributed by atoms with Crippen LogP contribution in [0, 0.1) is 12.7 Å². The van der Waals surface area contributed by atoms with Gasteiger partial charge in [-0.05, 0) is 36.8 Å². The van der Waals surface area contributed by atoms with Gasteiger partial charge in [-0.25, -0.2) is 4.39 Å². The lowest BCUT2D eigenvalue weighted by molar-refractivity contribution is 0.619. The Balaban J connectivity index is 2.40. The molecular formula is C13H11Cl2FN2. The standard InChI is InChI=1S/C13H11Cl2FN2/c1-7-5-12(10(17)6-9(7)16)18-11-4-2-3-8(14)13(11)15/h2-6,18H,17H2,1H3. The first-order valence-electron chi connectivity index (χ1n) is 5.25. The van der Waals surface area contributed by atoms with Crippen LogP contribution in [-0.4, -0.2) is 0 Å². The van der Waals surface area contributed by atoms with Crippen molar-refractivity contribution >= 4 is 40.3 Å². The van der Waals surface area contributed by atoms with Gasteiger partial charge in [0.25, 0.3) is 0 Å². The highest BCUT2D eigenvalue weighted by Crippen LogP contribution is 2.33. The van der Waals surface area contributed by atoms with Crippen molar-refractivity contribution in [3.8, 4) is 0 Å². The molecular weight excluding hydrogens is 274 g/mol. The van der Waals surface area contributed by atoms with Gasteiger partial charge in [-0.1, -0.05) is 29.3 Å². The van der Waals surface area contributed by atoms with Crippen LogP contribution >= 0.6 is 23.2 Å². The molecule has 3 N–H and O–H groups in total. The summed E-state index contributed by atoms with van der Waals surface area (Å²) >= 11 is 12.0. The number of aryl methyl sites for hydroxylation is 1. The van der Waals surface area contributed by atoms with Crippen LogP contribution in [0.4, 0.5) is 21.5 Å². The van der Waals surface area contributed by atoms with Crippen LogP contribution in [0.3, 0.4) is 0 Å². The minimum absolute atomic E-state index is 0.314. The third kappa shape index (κ3) is 2.52. The molecule has 0 aliphatic carbocycles. The molecule has 94 valence electrons. The van der Waals surface area contributed by atoms with Crippen LogP contribution < -0.4 is 11.1 Å². The largest absolute Gasteiger partial charge is 0.397 e. The molecule has 2 rings (SSSR count). The van der Waals surface area contributed by atoms with E-state index in [2.05, 4.69) is 5.32 Å². The van der Waals surface area contributed by atoms with Gasteiger partial charge < -0.3 is 11.1 Å². The second-order valence-electron chi connectivity index (χ2n) is 3.92. The van der Waals surface area contributed by atoms with E-state index in [0.717, 1.165) is 0 Å². The molecule has 0 aliphatic heterocycles. The quantitative estimate of drug-likeness (QED) is 0.780. The number of nitrogen functional groups attached to an aromatic ring is 1. The molecule has 0 aromatic heterocycles. The van der Waals surface area contributed by atoms with E-state index in [9.17, 15) is 4.39 Å². The molecule has 0 spiro atoms. The molecule has 0 fully saturated rings. The van der Waals surface area contributed by atoms with Crippen molar-refractivity contribution in [3.05, 3.63) is 51.8 Å². The van der Waals surface area contributed by atoms with Crippen molar-refractivity contribution in [2.24, 2.45) is 0 Å². The number of hydrogen-bond acceptors (Lipinski definition) is 2. The summed E-state index contributed by atoms with van der Waals surface area (Å²) in [7, 11) is 0. The number of nitrogens with one attached hydrogen (secondary N) is 1. The van der Waals surface area contributed by atoms with Gasteiger partial charge in [-0.2, -0.15) is 0 Å². The van der Waals surface area contributed by atoms with Crippen molar-refractivity contribution in [3.63, 3.8) is 0 Å². The third-order valence-corrected chi connectivity index (χ3v) is 3.37. The summed E-state index contributed by atoms with van der Waals surface area (Å²) in [4.78, 5) is 0. The average molecular weight is 285 g/mol. The number of nitrogens with two attached hydrogens (primary N) is 1. The highest BCUT2D eigenvalue weighted by atomic mass is 35.5. The average Bonchev–Trinajstić information content (AvgIpc) is 2.32. The van der Waals surface area contributed by atoms with Gasteiger partial charge in [0.15, 0.2) is 0 Å². The van der Waals surface area contributed by atoms with Crippen molar-refractivity contribution in [2.45, 2.75) is 6.92 Å². The van der Waals surface area contributed by atoms with Crippen LogP contribution in [0.2, 0.25) is 10.0 Å². The number of halogens is 3. The number of rotatable bonds is 2. The van der Waals surface area contributed by atoms with E-state index < -0.39 is 0 Å². The molecule has 0 radical (unpaired) electrons. The fourth-order valence-corrected chi connectivity index (χ4v) is 1.90. The first-order chi connectivity index (χ1) is 8.49. The zero-order chi connectivity index (χ0) is 13.3. The van der Waals surface area contributed by atoms with E-state index in [1.165, 1.54) is 6.07 Å². The molecule has 18 heavy (non-hydrogen) atoms. The van der Waals surface area contributed by atoms with Crippen LogP contribution in [-0.2, 0) is 0 Å². The Hall–Kier alpha value is -1.45. The van der Waals surface area contributed by atoms with Crippen LogP contribution in [0.15, 0.2) is 30.3 Å². The molecule has 0 aliphatic rings. The molecule has 0 unspecified atom stereocenters. The van der Waals surface area contributed by atoms with Crippen LogP contribution in [0.25, 0.3) is 0 Å². The summed E-state index contributed by atoms with van der Waals surface area (Å²) in [5.74, 6) is -0.338. The maximum absolute atomic E-state index is 13.3. The molecule has 0 bridgehead atoms. The molecule has 0 saturated carbocycles. The second kappa shape index (κ2) is 5.04. The van der Waals surface area contributed by atoms with Crippen molar-refractivity contribution < 1.29 is 4.39 Å². The molecule has 2 nitrogen and oxygen atoms in total. The maximum Gasteiger partial charge on any atom is 0.128 e. The fraction of sp³-hybridized carbons (Fsp3) is 0.0769. The second-order valence-corrected chi connectivity index (χ2v) is 4.70. The Morgan fingerprint density at radius 2 is 1.89 bits per heavy atom. The molecule has 0 atom stereocenters. The van der Waals surface area contributed by atoms with E-state index in [0.29, 0.717) is 32.7 Å². The maximum atomic E-state index is 13.3. The predicted molar refractivity (Wildman–Crippen MR) is 75.3 cm³/mol. The zero-order valence-corrected chi connectivity index (χ0v) is 11.1. The molecule has 0 amide bonds. The summed E-state index contributed by atoms with van der Waals surface area (Å²) in [6.07, 6.45) is 0. The Morgan fingerprint density at radius 1 is 1.17 bits per heavy atom. The van der Waals surface area contributed by atoms with Gasteiger partial charge in [-0.3, -0.25) is 0 Å². The summed E-state index contributed by atoms with van der Waals surface area (Å²) < 4.78 is 13.3. The minimum Gasteiger partial charge on any atom is -0.397 e. The van der Waals surface area contributed by atoms with Crippen LogP contribution in [0.1, 0.15) is 5.56 Å². The van der Waals surface area contributed by atoms with Gasteiger partial charge in [0.05, 0.1) is 27.1 Å². The lowest BCUT2D eigenvalue weighted by atomic mass is 10.1. The van der Waals surface area contributed by atoms with Gasteiger partial charge in [-0.15, -0.1) is 0 Å². The van der Waals surface area contributed by atoms with E-state index in [4.69, 9.17) is 28.9 Å². The van der Waals surface area contributed by atoms with Gasteiger partial charge in [0, 0.05) is 0 Å². The third-order valence-electron chi connectivity index (χ3n) is 2.55. The summed E-state index contributed by atoms with van der Waals surface area (Å²) in [5.41, 5.74) is 7.79. The van der Waals surface area contributed by atoms with Crippen molar-refractivity contribution in [2.75, 3.05) is 11.1 Å². The Bertz CT molecular complexity index is 600. The van der Waals surface area contributed by atoms with Crippen LogP contribution in [0.5, 0.6) is 0 Å². The fourth-order valence-electron chi connectivity index (χ4n) is 1.55. The minimum atomic E-state index is -0.338. The SMILES string of the molecule is Cc1cc(Nc2cccc(Cl)c2Cl)c(N)cc1F. The number of anilines is 3. The highest BCUT2D eigenvalue weighted by molar-refractivity contribution is 6.43. The Kier molecular flexibility index (Phi) is 3.64. The summed E-state index contributed by atoms with van der Waals surface area (Å²) in [6.45, 7) is 1.67. The molecule has 5 heteroatoms. The summed E-state index contributed by atoms with van der Waals surface area (Å²) in [6, 6.07) is 8.13. The Labute approximate surface area is 115 Å². The summed E-state index contributed by atoms with van der Waals surface area (Å²) in [5, 5.41) is 3.89. The Morgan fingerprint density at radius 3 is 2.61 bits per heavy atom. The van der Waals surface area contributed by atoms with E-state index in [-0.39, 0.29) is 5.82 Å². The normalized spacial score (nSPS) is 10.4. The monoisotopic (exact) mass is 284 g/mol. The zero-order valence-electron chi connectivity index (χ0n) is 9.60. The topological polar surface area (TPSA) is 38.0 Å².